The summed E-state index contributed by atoms with van der Waals surface area (Å²) in [5.41, 5.74) is 6.36. The van der Waals surface area contributed by atoms with Crippen LogP contribution >= 0.6 is 11.6 Å². The Morgan fingerprint density at radius 3 is 1.54 bits per heavy atom. The number of ether oxygens (including phenoxy) is 2. The van der Waals surface area contributed by atoms with Crippen molar-refractivity contribution in [3.8, 4) is 46.4 Å². The molecule has 4 saturated heterocycles. The minimum Gasteiger partial charge on any atom is -0.378 e. The first kappa shape index (κ1) is 54.5. The topological polar surface area (TPSA) is 156 Å². The SMILES string of the molecule is C#CC(C)(C)O.CC[C@@H]1CCN(C(=O)Nc2ccc(C)c(-c3cc(C#CC(C)(C)O)nc(N4CCOCC4)c3)c2)C1.CC[C@@H]1CCN(C(=O)Nc2ccc(C)c(-c3cc(Cl)nc(N4CCOCC4)c3)c2)C1. The molecule has 380 valence electrons. The molecule has 0 saturated carbocycles. The van der Waals surface area contributed by atoms with E-state index in [1.165, 1.54) is 0 Å². The van der Waals surface area contributed by atoms with Crippen LogP contribution in [0, 0.1) is 49.9 Å². The van der Waals surface area contributed by atoms with Crippen LogP contribution in [0.5, 0.6) is 0 Å². The fourth-order valence-corrected chi connectivity index (χ4v) is 8.83. The Morgan fingerprint density at radius 1 is 0.690 bits per heavy atom. The van der Waals surface area contributed by atoms with Crippen LogP contribution in [0.1, 0.15) is 84.0 Å². The smallest absolute Gasteiger partial charge is 0.321 e. The summed E-state index contributed by atoms with van der Waals surface area (Å²) in [4.78, 5) is 43.0. The van der Waals surface area contributed by atoms with Crippen molar-refractivity contribution in [2.45, 2.75) is 92.3 Å². The van der Waals surface area contributed by atoms with Gasteiger partial charge in [0, 0.05) is 63.7 Å². The molecule has 4 N–H and O–H groups in total. The third-order valence-corrected chi connectivity index (χ3v) is 13.2. The predicted molar refractivity (Wildman–Crippen MR) is 286 cm³/mol. The Morgan fingerprint density at radius 2 is 1.13 bits per heavy atom. The van der Waals surface area contributed by atoms with Gasteiger partial charge in [0.25, 0.3) is 0 Å². The molecule has 0 unspecified atom stereocenters. The Hall–Kier alpha value is -5.87. The highest BCUT2D eigenvalue weighted by Crippen LogP contribution is 2.33. The van der Waals surface area contributed by atoms with E-state index in [0.29, 0.717) is 49.1 Å². The molecule has 0 aliphatic carbocycles. The zero-order valence-electron chi connectivity index (χ0n) is 42.9. The summed E-state index contributed by atoms with van der Waals surface area (Å²) in [5, 5.41) is 25.3. The minimum atomic E-state index is -1.11. The fourth-order valence-electron chi connectivity index (χ4n) is 8.63. The van der Waals surface area contributed by atoms with E-state index in [2.05, 4.69) is 83.0 Å². The minimum absolute atomic E-state index is 0.0254. The number of carbonyl (C=O) groups excluding carboxylic acids is 2. The molecule has 6 heterocycles. The molecule has 4 fully saturated rings. The number of aromatic nitrogens is 2. The monoisotopic (exact) mass is 989 g/mol. The molecular weight excluding hydrogens is 916 g/mol. The number of morpholine rings is 2. The molecule has 4 aromatic rings. The quantitative estimate of drug-likeness (QED) is 0.0992. The van der Waals surface area contributed by atoms with Crippen molar-refractivity contribution in [1.29, 1.82) is 0 Å². The maximum Gasteiger partial charge on any atom is 0.321 e. The number of halogens is 1. The van der Waals surface area contributed by atoms with Gasteiger partial charge in [-0.1, -0.05) is 62.3 Å². The number of nitrogens with one attached hydrogen (secondary N) is 2. The standard InChI is InChI=1S/C28H36N4O3.C23H29ClN4O2.C5H8O/c1-5-21-9-11-32(19-21)27(33)30-23-7-6-20(2)25(18-23)22-16-24(8-10-28(3,4)34)29-26(17-22)31-12-14-35-15-13-31;1-3-17-6-7-28(15-17)23(29)25-19-5-4-16(2)20(14-19)18-12-21(24)26-22(13-18)27-8-10-30-11-9-27;1-4-5(2,3)6/h6-7,16-18,21,34H,5,9,11-15,19H2,1-4H3,(H,30,33);4-5,12-14,17H,3,6-11,15H2,1-2H3,(H,25,29);1,6H,2-3H3/t21-;17-;/m11./s1. The third-order valence-electron chi connectivity index (χ3n) is 13.0. The molecule has 4 amide bonds. The van der Waals surface area contributed by atoms with Crippen LogP contribution in [0.2, 0.25) is 5.15 Å². The molecule has 8 rings (SSSR count). The van der Waals surface area contributed by atoms with E-state index in [-0.39, 0.29) is 12.1 Å². The maximum atomic E-state index is 12.8. The Balaban J connectivity index is 0.000000210. The van der Waals surface area contributed by atoms with Crippen molar-refractivity contribution in [2.24, 2.45) is 11.8 Å². The number of aliphatic hydroxyl groups is 2. The van der Waals surface area contributed by atoms with Crippen LogP contribution in [0.4, 0.5) is 32.6 Å². The number of aryl methyl sites for hydroxylation is 2. The molecule has 15 heteroatoms. The maximum absolute atomic E-state index is 12.8. The van der Waals surface area contributed by atoms with Crippen molar-refractivity contribution < 1.29 is 29.3 Å². The number of benzene rings is 2. The Labute approximate surface area is 426 Å². The van der Waals surface area contributed by atoms with Gasteiger partial charge in [0.15, 0.2) is 0 Å². The van der Waals surface area contributed by atoms with Crippen LogP contribution in [-0.2, 0) is 9.47 Å². The van der Waals surface area contributed by atoms with E-state index >= 15 is 0 Å². The van der Waals surface area contributed by atoms with Crippen LogP contribution in [0.25, 0.3) is 22.3 Å². The molecule has 2 aromatic carbocycles. The highest BCUT2D eigenvalue weighted by Gasteiger charge is 2.27. The zero-order valence-corrected chi connectivity index (χ0v) is 43.7. The number of pyridine rings is 2. The van der Waals surface area contributed by atoms with Crippen LogP contribution in [-0.4, -0.2) is 132 Å². The summed E-state index contributed by atoms with van der Waals surface area (Å²) < 4.78 is 11.0. The summed E-state index contributed by atoms with van der Waals surface area (Å²) in [6.07, 6.45) is 9.18. The number of anilines is 4. The molecule has 4 aliphatic rings. The lowest BCUT2D eigenvalue weighted by atomic mass is 9.99. The predicted octanol–water partition coefficient (Wildman–Crippen LogP) is 9.48. The second-order valence-electron chi connectivity index (χ2n) is 19.8. The summed E-state index contributed by atoms with van der Waals surface area (Å²) in [7, 11) is 0. The lowest BCUT2D eigenvalue weighted by Gasteiger charge is -2.28. The summed E-state index contributed by atoms with van der Waals surface area (Å²) in [6, 6.07) is 19.9. The van der Waals surface area contributed by atoms with E-state index in [1.807, 2.05) is 58.3 Å². The van der Waals surface area contributed by atoms with E-state index in [0.717, 1.165) is 134 Å². The molecule has 2 atom stereocenters. The van der Waals surface area contributed by atoms with Crippen molar-refractivity contribution in [2.75, 3.05) is 99.2 Å². The normalized spacial score (nSPS) is 18.0. The third kappa shape index (κ3) is 16.3. The number of nitrogens with zero attached hydrogens (tertiary/aromatic N) is 6. The van der Waals surface area contributed by atoms with Gasteiger partial charge in [0.1, 0.15) is 33.7 Å². The van der Waals surface area contributed by atoms with Crippen molar-refractivity contribution in [1.82, 2.24) is 19.8 Å². The molecule has 14 nitrogen and oxygen atoms in total. The number of hydrogen-bond donors (Lipinski definition) is 4. The lowest BCUT2D eigenvalue weighted by molar-refractivity contribution is 0.122. The van der Waals surface area contributed by atoms with Gasteiger partial charge in [-0.2, -0.15) is 0 Å². The van der Waals surface area contributed by atoms with E-state index in [9.17, 15) is 14.7 Å². The van der Waals surface area contributed by atoms with Crippen LogP contribution in [0.15, 0.2) is 60.7 Å². The van der Waals surface area contributed by atoms with Crippen LogP contribution < -0.4 is 20.4 Å². The Bertz CT molecular complexity index is 2560. The second kappa shape index (κ2) is 25.0. The van der Waals surface area contributed by atoms with Crippen molar-refractivity contribution in [3.63, 3.8) is 0 Å². The average Bonchev–Trinajstić information content (AvgIpc) is 4.06. The molecule has 0 radical (unpaired) electrons. The molecular formula is C56H73ClN8O6. The van der Waals surface area contributed by atoms with Gasteiger partial charge >= 0.3 is 12.1 Å². The average molecular weight is 990 g/mol. The summed E-state index contributed by atoms with van der Waals surface area (Å²) in [6.45, 7) is 24.1. The van der Waals surface area contributed by atoms with Gasteiger partial charge in [-0.3, -0.25) is 0 Å². The zero-order chi connectivity index (χ0) is 51.3. The molecule has 2 aromatic heterocycles. The molecule has 4 aliphatic heterocycles. The number of amides is 4. The van der Waals surface area contributed by atoms with Crippen molar-refractivity contribution in [3.05, 3.63) is 82.6 Å². The number of hydrogen-bond acceptors (Lipinski definition) is 10. The van der Waals surface area contributed by atoms with Gasteiger partial charge in [-0.25, -0.2) is 19.6 Å². The molecule has 71 heavy (non-hydrogen) atoms. The number of rotatable bonds is 8. The number of likely N-dealkylation sites (tertiary alicyclic amines) is 2. The largest absolute Gasteiger partial charge is 0.378 e. The highest BCUT2D eigenvalue weighted by molar-refractivity contribution is 6.29. The second-order valence-corrected chi connectivity index (χ2v) is 20.2. The first-order valence-corrected chi connectivity index (χ1v) is 25.3. The fraction of sp³-hybridized carbons (Fsp3) is 0.500. The van der Waals surface area contributed by atoms with E-state index in [1.54, 1.807) is 27.7 Å². The van der Waals surface area contributed by atoms with Crippen LogP contribution in [0.3, 0.4) is 0 Å². The number of urea groups is 2. The lowest BCUT2D eigenvalue weighted by Crippen LogP contribution is -2.36. The van der Waals surface area contributed by atoms with Gasteiger partial charge in [0.05, 0.1) is 26.4 Å². The van der Waals surface area contributed by atoms with Gasteiger partial charge < -0.3 is 49.9 Å². The van der Waals surface area contributed by atoms with Gasteiger partial charge in [-0.15, -0.1) is 6.42 Å². The Kier molecular flexibility index (Phi) is 19.2. The molecule has 0 bridgehead atoms. The van der Waals surface area contributed by atoms with E-state index in [4.69, 9.17) is 37.6 Å². The molecule has 0 spiro atoms. The highest BCUT2D eigenvalue weighted by atomic mass is 35.5. The van der Waals surface area contributed by atoms with Gasteiger partial charge in [-0.05, 0) is 154 Å². The number of terminal acetylenes is 1. The van der Waals surface area contributed by atoms with E-state index < -0.39 is 11.2 Å². The summed E-state index contributed by atoms with van der Waals surface area (Å²) in [5.74, 6) is 11.0. The first-order valence-electron chi connectivity index (χ1n) is 25.0. The van der Waals surface area contributed by atoms with Gasteiger partial charge in [0.2, 0.25) is 0 Å². The van der Waals surface area contributed by atoms with Crippen molar-refractivity contribution >= 4 is 46.7 Å². The summed E-state index contributed by atoms with van der Waals surface area (Å²) >= 11 is 6.36. The first-order chi connectivity index (χ1) is 33.8. The number of carbonyl (C=O) groups is 2.